The van der Waals surface area contributed by atoms with Gasteiger partial charge in [0.15, 0.2) is 0 Å². The zero-order valence-corrected chi connectivity index (χ0v) is 9.40. The minimum Gasteiger partial charge on any atom is -0.396 e. The monoisotopic (exact) mass is 223 g/mol. The molecule has 0 bridgehead atoms. The van der Waals surface area contributed by atoms with Crippen LogP contribution in [0.5, 0.6) is 0 Å². The summed E-state index contributed by atoms with van der Waals surface area (Å²) < 4.78 is 12.7. The average molecular weight is 223 g/mol. The second-order valence-electron chi connectivity index (χ2n) is 4.55. The Morgan fingerprint density at radius 2 is 2.06 bits per heavy atom. The quantitative estimate of drug-likeness (QED) is 0.847. The van der Waals surface area contributed by atoms with Crippen LogP contribution in [0.2, 0.25) is 0 Å². The number of rotatable bonds is 3. The topological polar surface area (TPSA) is 23.5 Å². The fourth-order valence-corrected chi connectivity index (χ4v) is 2.29. The molecule has 1 heterocycles. The lowest BCUT2D eigenvalue weighted by Gasteiger charge is -2.31. The molecule has 0 radical (unpaired) electrons. The molecule has 0 amide bonds. The first-order chi connectivity index (χ1) is 7.78. The Hall–Kier alpha value is -0.930. The summed E-state index contributed by atoms with van der Waals surface area (Å²) in [6.45, 7) is 3.17. The highest BCUT2D eigenvalue weighted by molar-refractivity contribution is 5.15. The standard InChI is InChI=1S/C13H18FNO/c14-13-5-3-11(4-6-13)8-15-7-1-2-12(9-15)10-16/h3-6,12,16H,1-2,7-10H2/t12-/m1/s1. The van der Waals surface area contributed by atoms with Crippen molar-refractivity contribution in [2.45, 2.75) is 19.4 Å². The predicted molar refractivity (Wildman–Crippen MR) is 61.5 cm³/mol. The summed E-state index contributed by atoms with van der Waals surface area (Å²) in [5.74, 6) is 0.227. The highest BCUT2D eigenvalue weighted by atomic mass is 19.1. The van der Waals surface area contributed by atoms with E-state index in [0.717, 1.165) is 38.0 Å². The largest absolute Gasteiger partial charge is 0.396 e. The third-order valence-corrected chi connectivity index (χ3v) is 3.18. The summed E-state index contributed by atoms with van der Waals surface area (Å²) in [6.07, 6.45) is 2.27. The van der Waals surface area contributed by atoms with Crippen LogP contribution in [0.3, 0.4) is 0 Å². The van der Waals surface area contributed by atoms with Crippen LogP contribution in [-0.2, 0) is 6.54 Å². The van der Waals surface area contributed by atoms with Gasteiger partial charge in [-0.05, 0) is 43.0 Å². The molecule has 1 aliphatic heterocycles. The Morgan fingerprint density at radius 1 is 1.31 bits per heavy atom. The van der Waals surface area contributed by atoms with Gasteiger partial charge in [0.2, 0.25) is 0 Å². The van der Waals surface area contributed by atoms with Crippen molar-refractivity contribution >= 4 is 0 Å². The van der Waals surface area contributed by atoms with Gasteiger partial charge >= 0.3 is 0 Å². The molecule has 0 spiro atoms. The predicted octanol–water partition coefficient (Wildman–Crippen LogP) is 2.03. The lowest BCUT2D eigenvalue weighted by Crippen LogP contribution is -2.36. The van der Waals surface area contributed by atoms with E-state index < -0.39 is 0 Å². The minimum atomic E-state index is -0.185. The molecular formula is C13H18FNO. The van der Waals surface area contributed by atoms with Gasteiger partial charge in [0.25, 0.3) is 0 Å². The van der Waals surface area contributed by atoms with Crippen LogP contribution in [0, 0.1) is 11.7 Å². The Kier molecular flexibility index (Phi) is 3.91. The summed E-state index contributed by atoms with van der Waals surface area (Å²) in [6, 6.07) is 6.67. The third kappa shape index (κ3) is 3.03. The van der Waals surface area contributed by atoms with E-state index in [-0.39, 0.29) is 12.4 Å². The number of likely N-dealkylation sites (tertiary alicyclic amines) is 1. The molecule has 0 aliphatic carbocycles. The summed E-state index contributed by atoms with van der Waals surface area (Å²) in [5.41, 5.74) is 1.14. The summed E-state index contributed by atoms with van der Waals surface area (Å²) in [4.78, 5) is 2.33. The van der Waals surface area contributed by atoms with Crippen molar-refractivity contribution in [3.05, 3.63) is 35.6 Å². The molecule has 1 aromatic carbocycles. The maximum atomic E-state index is 12.7. The van der Waals surface area contributed by atoms with Crippen molar-refractivity contribution in [3.63, 3.8) is 0 Å². The summed E-state index contributed by atoms with van der Waals surface area (Å²) >= 11 is 0. The van der Waals surface area contributed by atoms with E-state index in [2.05, 4.69) is 4.90 Å². The van der Waals surface area contributed by atoms with Crippen LogP contribution in [0.1, 0.15) is 18.4 Å². The van der Waals surface area contributed by atoms with Gasteiger partial charge in [0.1, 0.15) is 5.82 Å². The van der Waals surface area contributed by atoms with Crippen molar-refractivity contribution < 1.29 is 9.50 Å². The molecule has 1 fully saturated rings. The number of aliphatic hydroxyl groups excluding tert-OH is 1. The molecule has 0 saturated carbocycles. The lowest BCUT2D eigenvalue weighted by atomic mass is 9.98. The van der Waals surface area contributed by atoms with Gasteiger partial charge in [-0.15, -0.1) is 0 Å². The van der Waals surface area contributed by atoms with E-state index in [0.29, 0.717) is 5.92 Å². The molecule has 1 aromatic rings. The first-order valence-electron chi connectivity index (χ1n) is 5.85. The van der Waals surface area contributed by atoms with Crippen molar-refractivity contribution in [1.29, 1.82) is 0 Å². The van der Waals surface area contributed by atoms with E-state index in [1.54, 1.807) is 0 Å². The highest BCUT2D eigenvalue weighted by Crippen LogP contribution is 2.18. The molecule has 2 rings (SSSR count). The molecule has 0 unspecified atom stereocenters. The van der Waals surface area contributed by atoms with Crippen LogP contribution in [0.4, 0.5) is 4.39 Å². The summed E-state index contributed by atoms with van der Waals surface area (Å²) in [5, 5.41) is 9.14. The fourth-order valence-electron chi connectivity index (χ4n) is 2.29. The molecule has 88 valence electrons. The van der Waals surface area contributed by atoms with Crippen LogP contribution >= 0.6 is 0 Å². The number of hydrogen-bond donors (Lipinski definition) is 1. The first kappa shape index (κ1) is 11.6. The zero-order valence-electron chi connectivity index (χ0n) is 9.40. The van der Waals surface area contributed by atoms with Crippen molar-refractivity contribution in [2.24, 2.45) is 5.92 Å². The minimum absolute atomic E-state index is 0.185. The van der Waals surface area contributed by atoms with Crippen LogP contribution in [0.25, 0.3) is 0 Å². The number of halogens is 1. The lowest BCUT2D eigenvalue weighted by molar-refractivity contribution is 0.116. The normalized spacial score (nSPS) is 22.2. The maximum absolute atomic E-state index is 12.7. The molecule has 16 heavy (non-hydrogen) atoms. The molecule has 1 aliphatic rings. The van der Waals surface area contributed by atoms with Gasteiger partial charge in [0, 0.05) is 19.7 Å². The van der Waals surface area contributed by atoms with E-state index in [4.69, 9.17) is 5.11 Å². The fraction of sp³-hybridized carbons (Fsp3) is 0.538. The molecule has 1 saturated heterocycles. The second kappa shape index (κ2) is 5.41. The third-order valence-electron chi connectivity index (χ3n) is 3.18. The van der Waals surface area contributed by atoms with Gasteiger partial charge in [-0.1, -0.05) is 12.1 Å². The van der Waals surface area contributed by atoms with Crippen LogP contribution in [0.15, 0.2) is 24.3 Å². The molecule has 1 N–H and O–H groups in total. The van der Waals surface area contributed by atoms with Crippen LogP contribution < -0.4 is 0 Å². The van der Waals surface area contributed by atoms with E-state index in [1.807, 2.05) is 12.1 Å². The van der Waals surface area contributed by atoms with Crippen molar-refractivity contribution in [1.82, 2.24) is 4.90 Å². The Labute approximate surface area is 95.7 Å². The van der Waals surface area contributed by atoms with Gasteiger partial charge in [-0.25, -0.2) is 4.39 Å². The second-order valence-corrected chi connectivity index (χ2v) is 4.55. The Morgan fingerprint density at radius 3 is 2.75 bits per heavy atom. The van der Waals surface area contributed by atoms with E-state index in [1.165, 1.54) is 12.1 Å². The summed E-state index contributed by atoms with van der Waals surface area (Å²) in [7, 11) is 0. The number of aliphatic hydroxyl groups is 1. The molecular weight excluding hydrogens is 205 g/mol. The van der Waals surface area contributed by atoms with Crippen molar-refractivity contribution in [2.75, 3.05) is 19.7 Å². The number of nitrogens with zero attached hydrogens (tertiary/aromatic N) is 1. The van der Waals surface area contributed by atoms with Gasteiger partial charge in [-0.2, -0.15) is 0 Å². The zero-order chi connectivity index (χ0) is 11.4. The number of benzene rings is 1. The van der Waals surface area contributed by atoms with Crippen molar-refractivity contribution in [3.8, 4) is 0 Å². The molecule has 3 heteroatoms. The smallest absolute Gasteiger partial charge is 0.123 e. The Bertz CT molecular complexity index is 325. The number of hydrogen-bond acceptors (Lipinski definition) is 2. The Balaban J connectivity index is 1.91. The highest BCUT2D eigenvalue weighted by Gasteiger charge is 2.18. The molecule has 0 aromatic heterocycles. The first-order valence-corrected chi connectivity index (χ1v) is 5.85. The van der Waals surface area contributed by atoms with Gasteiger partial charge < -0.3 is 5.11 Å². The van der Waals surface area contributed by atoms with Gasteiger partial charge in [-0.3, -0.25) is 4.90 Å². The molecule has 1 atom stereocenters. The average Bonchev–Trinajstić information content (AvgIpc) is 2.32. The maximum Gasteiger partial charge on any atom is 0.123 e. The van der Waals surface area contributed by atoms with Gasteiger partial charge in [0.05, 0.1) is 0 Å². The SMILES string of the molecule is OC[C@@H]1CCCN(Cc2ccc(F)cc2)C1. The van der Waals surface area contributed by atoms with E-state index in [9.17, 15) is 4.39 Å². The molecule has 2 nitrogen and oxygen atoms in total. The van der Waals surface area contributed by atoms with Crippen LogP contribution in [-0.4, -0.2) is 29.7 Å². The van der Waals surface area contributed by atoms with E-state index >= 15 is 0 Å². The number of piperidine rings is 1.